The number of benzene rings is 2. The quantitative estimate of drug-likeness (QED) is 0.365. The van der Waals surface area contributed by atoms with Gasteiger partial charge in [0.25, 0.3) is 0 Å². The zero-order valence-electron chi connectivity index (χ0n) is 23.5. The minimum absolute atomic E-state index is 0.0334. The first-order valence-corrected chi connectivity index (χ1v) is 14.1. The number of carboxylic acids is 1. The molecule has 2 aromatic carbocycles. The molecule has 39 heavy (non-hydrogen) atoms. The van der Waals surface area contributed by atoms with E-state index in [-0.39, 0.29) is 36.6 Å². The third kappa shape index (κ3) is 8.05. The van der Waals surface area contributed by atoms with Gasteiger partial charge in [0, 0.05) is 38.5 Å². The van der Waals surface area contributed by atoms with Crippen LogP contribution in [0.4, 0.5) is 11.4 Å². The van der Waals surface area contributed by atoms with E-state index in [4.69, 9.17) is 5.11 Å². The molecular formula is C31H42N4O4. The van der Waals surface area contributed by atoms with E-state index in [1.807, 2.05) is 24.3 Å². The standard InChI is InChI=1S/C31H42N4O4/c1-33(2)16-6-17-34(3)28-14-13-26(20-27(28)32-30(38)23-8-5-9-23)25-10-4-7-22(19-25)21-35(18-15-29(36)37)31(39)24-11-12-24/h4,7,10,13-14,19-20,23-24H,5-6,8-9,11-12,15-18,21H2,1-3H3,(H,32,38)(H,36,37). The van der Waals surface area contributed by atoms with Gasteiger partial charge in [-0.05, 0) is 87.6 Å². The molecule has 2 fully saturated rings. The van der Waals surface area contributed by atoms with Crippen LogP contribution < -0.4 is 10.2 Å². The number of nitrogens with zero attached hydrogens (tertiary/aromatic N) is 3. The van der Waals surface area contributed by atoms with Crippen molar-refractivity contribution in [3.05, 3.63) is 48.0 Å². The monoisotopic (exact) mass is 534 g/mol. The number of hydrogen-bond donors (Lipinski definition) is 2. The van der Waals surface area contributed by atoms with Crippen LogP contribution in [0.1, 0.15) is 50.5 Å². The average Bonchev–Trinajstić information content (AvgIpc) is 3.70. The lowest BCUT2D eigenvalue weighted by molar-refractivity contribution is -0.139. The van der Waals surface area contributed by atoms with Crippen LogP contribution in [0.25, 0.3) is 11.1 Å². The van der Waals surface area contributed by atoms with Gasteiger partial charge in [-0.1, -0.05) is 30.7 Å². The van der Waals surface area contributed by atoms with Crippen molar-refractivity contribution < 1.29 is 19.5 Å². The summed E-state index contributed by atoms with van der Waals surface area (Å²) >= 11 is 0. The molecule has 0 atom stereocenters. The predicted octanol–water partition coefficient (Wildman–Crippen LogP) is 4.69. The summed E-state index contributed by atoms with van der Waals surface area (Å²) < 4.78 is 0. The van der Waals surface area contributed by atoms with Crippen molar-refractivity contribution in [2.75, 3.05) is 51.0 Å². The maximum absolute atomic E-state index is 12.9. The molecular weight excluding hydrogens is 492 g/mol. The van der Waals surface area contributed by atoms with Crippen molar-refractivity contribution in [2.45, 2.75) is 51.5 Å². The number of amides is 2. The fourth-order valence-corrected chi connectivity index (χ4v) is 4.95. The topological polar surface area (TPSA) is 93.2 Å². The molecule has 4 rings (SSSR count). The van der Waals surface area contributed by atoms with E-state index in [1.165, 1.54) is 0 Å². The SMILES string of the molecule is CN(C)CCCN(C)c1ccc(-c2cccc(CN(CCC(=O)O)C(=O)C3CC3)c2)cc1NC(=O)C1CCC1. The Labute approximate surface area is 232 Å². The molecule has 0 radical (unpaired) electrons. The number of carboxylic acid groups (broad SMARTS) is 1. The van der Waals surface area contributed by atoms with E-state index in [0.29, 0.717) is 6.54 Å². The Balaban J connectivity index is 1.55. The Kier molecular flexibility index (Phi) is 9.62. The van der Waals surface area contributed by atoms with E-state index in [2.05, 4.69) is 54.5 Å². The van der Waals surface area contributed by atoms with Crippen molar-refractivity contribution in [3.8, 4) is 11.1 Å². The summed E-state index contributed by atoms with van der Waals surface area (Å²) in [5.74, 6) is -0.650. The summed E-state index contributed by atoms with van der Waals surface area (Å²) in [4.78, 5) is 42.9. The van der Waals surface area contributed by atoms with Gasteiger partial charge in [0.2, 0.25) is 11.8 Å². The van der Waals surface area contributed by atoms with Gasteiger partial charge in [-0.2, -0.15) is 0 Å². The van der Waals surface area contributed by atoms with E-state index >= 15 is 0 Å². The first-order valence-electron chi connectivity index (χ1n) is 14.1. The number of anilines is 2. The van der Waals surface area contributed by atoms with Crippen LogP contribution in [0, 0.1) is 11.8 Å². The number of carbonyl (C=O) groups is 3. The van der Waals surface area contributed by atoms with Crippen LogP contribution in [-0.2, 0) is 20.9 Å². The molecule has 0 aliphatic heterocycles. The summed E-state index contributed by atoms with van der Waals surface area (Å²) in [5.41, 5.74) is 4.74. The lowest BCUT2D eigenvalue weighted by atomic mass is 9.85. The van der Waals surface area contributed by atoms with Crippen molar-refractivity contribution >= 4 is 29.2 Å². The van der Waals surface area contributed by atoms with Crippen LogP contribution in [0.5, 0.6) is 0 Å². The van der Waals surface area contributed by atoms with Crippen molar-refractivity contribution in [1.29, 1.82) is 0 Å². The molecule has 0 unspecified atom stereocenters. The molecule has 2 aliphatic rings. The maximum atomic E-state index is 12.9. The van der Waals surface area contributed by atoms with Gasteiger partial charge in [0.1, 0.15) is 0 Å². The van der Waals surface area contributed by atoms with E-state index in [9.17, 15) is 14.4 Å². The maximum Gasteiger partial charge on any atom is 0.305 e. The first-order chi connectivity index (χ1) is 18.7. The van der Waals surface area contributed by atoms with Gasteiger partial charge < -0.3 is 25.1 Å². The fourth-order valence-electron chi connectivity index (χ4n) is 4.95. The third-order valence-corrected chi connectivity index (χ3v) is 7.71. The Morgan fingerprint density at radius 3 is 2.28 bits per heavy atom. The molecule has 0 saturated heterocycles. The van der Waals surface area contributed by atoms with E-state index in [1.54, 1.807) is 4.90 Å². The minimum Gasteiger partial charge on any atom is -0.481 e. The van der Waals surface area contributed by atoms with Gasteiger partial charge in [-0.15, -0.1) is 0 Å². The molecule has 2 saturated carbocycles. The smallest absolute Gasteiger partial charge is 0.305 e. The largest absolute Gasteiger partial charge is 0.481 e. The summed E-state index contributed by atoms with van der Waals surface area (Å²) in [6, 6.07) is 14.2. The zero-order valence-corrected chi connectivity index (χ0v) is 23.5. The molecule has 2 aliphatic carbocycles. The van der Waals surface area contributed by atoms with Gasteiger partial charge in [-0.3, -0.25) is 14.4 Å². The molecule has 0 aromatic heterocycles. The molecule has 210 valence electrons. The minimum atomic E-state index is -0.902. The van der Waals surface area contributed by atoms with Crippen molar-refractivity contribution in [2.24, 2.45) is 11.8 Å². The highest BCUT2D eigenvalue weighted by atomic mass is 16.4. The Morgan fingerprint density at radius 1 is 0.897 bits per heavy atom. The molecule has 0 heterocycles. The number of carbonyl (C=O) groups excluding carboxylic acids is 2. The molecule has 2 N–H and O–H groups in total. The highest BCUT2D eigenvalue weighted by Gasteiger charge is 2.33. The van der Waals surface area contributed by atoms with Crippen LogP contribution in [0.2, 0.25) is 0 Å². The molecule has 0 bridgehead atoms. The van der Waals surface area contributed by atoms with E-state index in [0.717, 1.165) is 79.7 Å². The Bertz CT molecular complexity index is 1170. The van der Waals surface area contributed by atoms with Gasteiger partial charge in [-0.25, -0.2) is 0 Å². The summed E-state index contributed by atoms with van der Waals surface area (Å²) in [6.07, 6.45) is 5.71. The number of aliphatic carboxylic acids is 1. The third-order valence-electron chi connectivity index (χ3n) is 7.71. The number of nitrogens with one attached hydrogen (secondary N) is 1. The zero-order chi connectivity index (χ0) is 27.9. The Hall–Kier alpha value is -3.39. The molecule has 0 spiro atoms. The van der Waals surface area contributed by atoms with Gasteiger partial charge >= 0.3 is 5.97 Å². The van der Waals surface area contributed by atoms with Crippen molar-refractivity contribution in [1.82, 2.24) is 9.80 Å². The predicted molar refractivity (Wildman–Crippen MR) is 155 cm³/mol. The molecule has 2 aromatic rings. The van der Waals surface area contributed by atoms with Gasteiger partial charge in [0.05, 0.1) is 17.8 Å². The van der Waals surface area contributed by atoms with Crippen LogP contribution in [-0.4, -0.2) is 73.5 Å². The fraction of sp³-hybridized carbons (Fsp3) is 0.516. The highest BCUT2D eigenvalue weighted by Crippen LogP contribution is 2.35. The Morgan fingerprint density at radius 2 is 1.64 bits per heavy atom. The number of hydrogen-bond acceptors (Lipinski definition) is 5. The van der Waals surface area contributed by atoms with Crippen LogP contribution in [0.15, 0.2) is 42.5 Å². The molecule has 8 heteroatoms. The molecule has 8 nitrogen and oxygen atoms in total. The van der Waals surface area contributed by atoms with Crippen molar-refractivity contribution in [3.63, 3.8) is 0 Å². The van der Waals surface area contributed by atoms with Gasteiger partial charge in [0.15, 0.2) is 0 Å². The summed E-state index contributed by atoms with van der Waals surface area (Å²) in [7, 11) is 6.20. The lowest BCUT2D eigenvalue weighted by Gasteiger charge is -2.27. The second kappa shape index (κ2) is 13.1. The lowest BCUT2D eigenvalue weighted by Crippen LogP contribution is -2.33. The average molecular weight is 535 g/mol. The summed E-state index contributed by atoms with van der Waals surface area (Å²) in [6.45, 7) is 2.46. The molecule has 2 amide bonds. The number of rotatable bonds is 14. The second-order valence-corrected chi connectivity index (χ2v) is 11.3. The van der Waals surface area contributed by atoms with Crippen LogP contribution in [0.3, 0.4) is 0 Å². The second-order valence-electron chi connectivity index (χ2n) is 11.3. The normalized spacial score (nSPS) is 15.1. The highest BCUT2D eigenvalue weighted by molar-refractivity contribution is 5.97. The van der Waals surface area contributed by atoms with E-state index < -0.39 is 5.97 Å². The summed E-state index contributed by atoms with van der Waals surface area (Å²) in [5, 5.41) is 12.4. The van der Waals surface area contributed by atoms with Crippen LogP contribution >= 0.6 is 0 Å². The first kappa shape index (κ1) is 28.6.